The second-order valence-corrected chi connectivity index (χ2v) is 4.73. The predicted molar refractivity (Wildman–Crippen MR) is 66.7 cm³/mol. The number of anilines is 1. The molecule has 1 aromatic rings. The Balaban J connectivity index is 3.02. The van der Waals surface area contributed by atoms with Crippen molar-refractivity contribution in [2.45, 2.75) is 6.92 Å². The lowest BCUT2D eigenvalue weighted by Crippen LogP contribution is -2.39. The molecule has 18 heavy (non-hydrogen) atoms. The van der Waals surface area contributed by atoms with Crippen molar-refractivity contribution in [3.63, 3.8) is 0 Å². The van der Waals surface area contributed by atoms with E-state index in [1.165, 1.54) is 12.1 Å². The Morgan fingerprint density at radius 3 is 2.50 bits per heavy atom. The summed E-state index contributed by atoms with van der Waals surface area (Å²) in [6.07, 6.45) is 0. The number of hydrogen-bond acceptors (Lipinski definition) is 4. The number of rotatable bonds is 5. The van der Waals surface area contributed by atoms with Crippen molar-refractivity contribution in [1.82, 2.24) is 0 Å². The summed E-state index contributed by atoms with van der Waals surface area (Å²) in [7, 11) is 1.69. The summed E-state index contributed by atoms with van der Waals surface area (Å²) >= 11 is 0. The zero-order chi connectivity index (χ0) is 13.8. The quantitative estimate of drug-likeness (QED) is 0.824. The molecule has 1 rings (SSSR count). The highest BCUT2D eigenvalue weighted by atomic mass is 19.1. The van der Waals surface area contributed by atoms with Crippen LogP contribution >= 0.6 is 0 Å². The van der Waals surface area contributed by atoms with E-state index in [-0.39, 0.29) is 18.8 Å². The van der Waals surface area contributed by atoms with Crippen LogP contribution in [0.1, 0.15) is 12.5 Å². The minimum absolute atomic E-state index is 0.0294. The minimum Gasteiger partial charge on any atom is -0.396 e. The first-order chi connectivity index (χ1) is 8.47. The van der Waals surface area contributed by atoms with Crippen molar-refractivity contribution in [2.75, 3.05) is 31.7 Å². The van der Waals surface area contributed by atoms with E-state index < -0.39 is 11.2 Å². The van der Waals surface area contributed by atoms with Gasteiger partial charge in [0.25, 0.3) is 0 Å². The van der Waals surface area contributed by atoms with Gasteiger partial charge in [-0.15, -0.1) is 0 Å². The molecule has 0 unspecified atom stereocenters. The fraction of sp³-hybridized carbons (Fsp3) is 0.462. The maximum absolute atomic E-state index is 13.5. The van der Waals surface area contributed by atoms with Crippen molar-refractivity contribution in [2.24, 2.45) is 5.41 Å². The summed E-state index contributed by atoms with van der Waals surface area (Å²) in [4.78, 5) is 1.66. The molecule has 0 radical (unpaired) electrons. The van der Waals surface area contributed by atoms with E-state index in [1.807, 2.05) is 6.07 Å². The van der Waals surface area contributed by atoms with Crippen molar-refractivity contribution in [1.29, 1.82) is 5.26 Å². The van der Waals surface area contributed by atoms with Gasteiger partial charge < -0.3 is 15.1 Å². The van der Waals surface area contributed by atoms with Gasteiger partial charge in [0.1, 0.15) is 17.4 Å². The number of nitrogens with zero attached hydrogens (tertiary/aromatic N) is 2. The van der Waals surface area contributed by atoms with Gasteiger partial charge in [0.2, 0.25) is 0 Å². The monoisotopic (exact) mass is 252 g/mol. The largest absolute Gasteiger partial charge is 0.396 e. The second-order valence-electron chi connectivity index (χ2n) is 4.73. The first-order valence-electron chi connectivity index (χ1n) is 5.59. The Hall–Kier alpha value is -1.64. The maximum atomic E-state index is 13.5. The van der Waals surface area contributed by atoms with Crippen LogP contribution in [-0.2, 0) is 0 Å². The Morgan fingerprint density at radius 2 is 2.00 bits per heavy atom. The van der Waals surface area contributed by atoms with Crippen molar-refractivity contribution < 1.29 is 14.6 Å². The van der Waals surface area contributed by atoms with E-state index in [9.17, 15) is 14.6 Å². The van der Waals surface area contributed by atoms with Gasteiger partial charge in [-0.05, 0) is 12.1 Å². The van der Waals surface area contributed by atoms with Crippen LogP contribution in [0.4, 0.5) is 10.1 Å². The fourth-order valence-electron chi connectivity index (χ4n) is 1.75. The van der Waals surface area contributed by atoms with Gasteiger partial charge >= 0.3 is 0 Å². The van der Waals surface area contributed by atoms with Gasteiger partial charge in [0.05, 0.1) is 18.9 Å². The van der Waals surface area contributed by atoms with E-state index in [0.717, 1.165) is 0 Å². The Morgan fingerprint density at radius 1 is 1.39 bits per heavy atom. The van der Waals surface area contributed by atoms with Gasteiger partial charge in [0, 0.05) is 19.0 Å². The molecule has 0 bridgehead atoms. The number of aliphatic hydroxyl groups excluding tert-OH is 2. The van der Waals surface area contributed by atoms with Crippen molar-refractivity contribution >= 4 is 5.69 Å². The van der Waals surface area contributed by atoms with E-state index in [4.69, 9.17) is 5.26 Å². The summed E-state index contributed by atoms with van der Waals surface area (Å²) in [6, 6.07) is 6.21. The molecule has 0 aromatic heterocycles. The maximum Gasteiger partial charge on any atom is 0.143 e. The number of halogens is 1. The summed E-state index contributed by atoms with van der Waals surface area (Å²) < 4.78 is 13.5. The molecule has 0 aliphatic heterocycles. The van der Waals surface area contributed by atoms with Crippen LogP contribution in [0.2, 0.25) is 0 Å². The normalized spacial score (nSPS) is 11.1. The van der Waals surface area contributed by atoms with Crippen molar-refractivity contribution in [3.05, 3.63) is 29.6 Å². The molecular formula is C13H17FN2O2. The van der Waals surface area contributed by atoms with E-state index in [2.05, 4.69) is 0 Å². The molecule has 0 aliphatic carbocycles. The molecule has 5 heteroatoms. The topological polar surface area (TPSA) is 67.5 Å². The predicted octanol–water partition coefficient (Wildman–Crippen LogP) is 1.12. The average molecular weight is 252 g/mol. The third kappa shape index (κ3) is 2.97. The molecule has 0 fully saturated rings. The first kappa shape index (κ1) is 14.4. The molecule has 0 spiro atoms. The molecule has 98 valence electrons. The Labute approximate surface area is 106 Å². The zero-order valence-electron chi connectivity index (χ0n) is 10.5. The van der Waals surface area contributed by atoms with Crippen LogP contribution in [0.5, 0.6) is 0 Å². The highest BCUT2D eigenvalue weighted by molar-refractivity contribution is 5.59. The summed E-state index contributed by atoms with van der Waals surface area (Å²) in [5.41, 5.74) is -0.280. The lowest BCUT2D eigenvalue weighted by molar-refractivity contribution is 0.0762. The third-order valence-electron chi connectivity index (χ3n) is 2.90. The standard InChI is InChI=1S/C13H17FN2O2/c1-13(8-17,9-18)7-16(2)12-5-3-4-11(14)10(12)6-15/h3-5,17-18H,7-9H2,1-2H3. The number of nitriles is 1. The molecule has 0 aliphatic rings. The number of hydrogen-bond donors (Lipinski definition) is 2. The molecule has 0 atom stereocenters. The van der Waals surface area contributed by atoms with E-state index in [1.54, 1.807) is 24.9 Å². The van der Waals surface area contributed by atoms with Gasteiger partial charge in [0.15, 0.2) is 0 Å². The van der Waals surface area contributed by atoms with Gasteiger partial charge in [-0.2, -0.15) is 5.26 Å². The molecule has 0 saturated carbocycles. The average Bonchev–Trinajstić information content (AvgIpc) is 2.38. The van der Waals surface area contributed by atoms with E-state index in [0.29, 0.717) is 12.2 Å². The lowest BCUT2D eigenvalue weighted by Gasteiger charge is -2.32. The summed E-state index contributed by atoms with van der Waals surface area (Å²) in [6.45, 7) is 1.66. The molecule has 4 nitrogen and oxygen atoms in total. The second kappa shape index (κ2) is 5.80. The molecule has 0 heterocycles. The molecule has 1 aromatic carbocycles. The molecule has 2 N–H and O–H groups in total. The minimum atomic E-state index is -0.701. The highest BCUT2D eigenvalue weighted by Crippen LogP contribution is 2.25. The fourth-order valence-corrected chi connectivity index (χ4v) is 1.75. The smallest absolute Gasteiger partial charge is 0.143 e. The third-order valence-corrected chi connectivity index (χ3v) is 2.90. The molecule has 0 saturated heterocycles. The Bertz CT molecular complexity index is 453. The van der Waals surface area contributed by atoms with Crippen molar-refractivity contribution in [3.8, 4) is 6.07 Å². The van der Waals surface area contributed by atoms with Crippen LogP contribution in [-0.4, -0.2) is 37.0 Å². The summed E-state index contributed by atoms with van der Waals surface area (Å²) in [5.74, 6) is -0.573. The SMILES string of the molecule is CN(CC(C)(CO)CO)c1cccc(F)c1C#N. The number of aliphatic hydroxyl groups is 2. The first-order valence-corrected chi connectivity index (χ1v) is 5.59. The van der Waals surface area contributed by atoms with Crippen LogP contribution in [0.25, 0.3) is 0 Å². The highest BCUT2D eigenvalue weighted by Gasteiger charge is 2.25. The summed E-state index contributed by atoms with van der Waals surface area (Å²) in [5, 5.41) is 27.4. The molecular weight excluding hydrogens is 235 g/mol. The van der Waals surface area contributed by atoms with Gasteiger partial charge in [-0.3, -0.25) is 0 Å². The Kier molecular flexibility index (Phi) is 4.65. The molecule has 0 amide bonds. The van der Waals surface area contributed by atoms with Crippen LogP contribution in [0, 0.1) is 22.6 Å². The van der Waals surface area contributed by atoms with Gasteiger partial charge in [-0.1, -0.05) is 13.0 Å². The van der Waals surface area contributed by atoms with E-state index >= 15 is 0 Å². The zero-order valence-corrected chi connectivity index (χ0v) is 10.5. The van der Waals surface area contributed by atoms with Gasteiger partial charge in [-0.25, -0.2) is 4.39 Å². The van der Waals surface area contributed by atoms with Crippen LogP contribution < -0.4 is 4.90 Å². The number of benzene rings is 1. The lowest BCUT2D eigenvalue weighted by atomic mass is 9.92. The van der Waals surface area contributed by atoms with Crippen LogP contribution in [0.3, 0.4) is 0 Å². The van der Waals surface area contributed by atoms with Crippen LogP contribution in [0.15, 0.2) is 18.2 Å².